The first kappa shape index (κ1) is 21.3. The van der Waals surface area contributed by atoms with Crippen LogP contribution in [0.15, 0.2) is 65.3 Å². The first-order valence-electron chi connectivity index (χ1n) is 10.6. The van der Waals surface area contributed by atoms with Crippen molar-refractivity contribution in [3.8, 4) is 5.69 Å². The van der Waals surface area contributed by atoms with Gasteiger partial charge >= 0.3 is 6.03 Å². The lowest BCUT2D eigenvalue weighted by Gasteiger charge is -2.23. The zero-order valence-corrected chi connectivity index (χ0v) is 18.4. The average molecular weight is 459 g/mol. The predicted octanol–water partition coefficient (Wildman–Crippen LogP) is 2.05. The Hall–Kier alpha value is -4.54. The normalized spacial score (nSPS) is 18.8. The highest BCUT2D eigenvalue weighted by Gasteiger charge is 2.49. The fourth-order valence-electron chi connectivity index (χ4n) is 3.99. The minimum Gasteiger partial charge on any atom is -0.459 e. The van der Waals surface area contributed by atoms with Crippen LogP contribution in [0.1, 0.15) is 31.2 Å². The molecule has 2 aromatic heterocycles. The molecule has 0 aliphatic carbocycles. The molecule has 4 aromatic rings. The van der Waals surface area contributed by atoms with Gasteiger partial charge in [0, 0.05) is 5.39 Å². The third kappa shape index (κ3) is 3.66. The van der Waals surface area contributed by atoms with Gasteiger partial charge < -0.3 is 15.1 Å². The SMILES string of the molecule is C[C@H](NC(=O)CN1C(=O)N[C@](C)(c2cccc(-n3cnnn3)c2)C1=O)c1cc2ccccc2o1. The lowest BCUT2D eigenvalue weighted by molar-refractivity contribution is -0.135. The van der Waals surface area contributed by atoms with Crippen molar-refractivity contribution >= 4 is 28.8 Å². The molecule has 1 aliphatic heterocycles. The van der Waals surface area contributed by atoms with Crippen LogP contribution in [-0.2, 0) is 15.1 Å². The first-order valence-corrected chi connectivity index (χ1v) is 10.6. The quantitative estimate of drug-likeness (QED) is 0.421. The Balaban J connectivity index is 1.30. The number of urea groups is 1. The summed E-state index contributed by atoms with van der Waals surface area (Å²) in [6.07, 6.45) is 1.43. The number of para-hydroxylation sites is 1. The van der Waals surface area contributed by atoms with E-state index in [9.17, 15) is 14.4 Å². The van der Waals surface area contributed by atoms with Crippen molar-refractivity contribution in [3.05, 3.63) is 72.2 Å². The van der Waals surface area contributed by atoms with E-state index in [1.807, 2.05) is 30.3 Å². The third-order valence-electron chi connectivity index (χ3n) is 5.86. The molecule has 1 aliphatic rings. The molecule has 11 heteroatoms. The van der Waals surface area contributed by atoms with Gasteiger partial charge in [-0.25, -0.2) is 9.48 Å². The van der Waals surface area contributed by atoms with Gasteiger partial charge in [0.2, 0.25) is 5.91 Å². The van der Waals surface area contributed by atoms with E-state index in [4.69, 9.17) is 4.42 Å². The lowest BCUT2D eigenvalue weighted by atomic mass is 9.91. The molecule has 0 bridgehead atoms. The molecule has 4 amide bonds. The topological polar surface area (TPSA) is 135 Å². The van der Waals surface area contributed by atoms with E-state index in [0.717, 1.165) is 10.3 Å². The van der Waals surface area contributed by atoms with Crippen molar-refractivity contribution in [2.75, 3.05) is 6.54 Å². The Labute approximate surface area is 193 Å². The number of benzene rings is 2. The molecule has 2 atom stereocenters. The Morgan fingerprint density at radius 1 is 1.18 bits per heavy atom. The Morgan fingerprint density at radius 2 is 2.00 bits per heavy atom. The molecule has 172 valence electrons. The zero-order chi connectivity index (χ0) is 23.9. The van der Waals surface area contributed by atoms with Gasteiger partial charge in [-0.15, -0.1) is 5.10 Å². The molecule has 3 heterocycles. The van der Waals surface area contributed by atoms with Crippen molar-refractivity contribution in [2.24, 2.45) is 0 Å². The van der Waals surface area contributed by atoms with Crippen LogP contribution in [0.25, 0.3) is 16.7 Å². The summed E-state index contributed by atoms with van der Waals surface area (Å²) in [5, 5.41) is 17.5. The largest absolute Gasteiger partial charge is 0.459 e. The highest BCUT2D eigenvalue weighted by molar-refractivity contribution is 6.09. The number of nitrogens with one attached hydrogen (secondary N) is 2. The molecule has 34 heavy (non-hydrogen) atoms. The molecule has 0 radical (unpaired) electrons. The minimum atomic E-state index is -1.34. The molecule has 2 N–H and O–H groups in total. The summed E-state index contributed by atoms with van der Waals surface area (Å²) in [6.45, 7) is 2.95. The highest BCUT2D eigenvalue weighted by Crippen LogP contribution is 2.30. The molecule has 2 aromatic carbocycles. The fourth-order valence-corrected chi connectivity index (χ4v) is 3.99. The average Bonchev–Trinajstić information content (AvgIpc) is 3.56. The van der Waals surface area contributed by atoms with E-state index in [1.54, 1.807) is 38.1 Å². The van der Waals surface area contributed by atoms with Gasteiger partial charge in [-0.05, 0) is 54.1 Å². The summed E-state index contributed by atoms with van der Waals surface area (Å²) in [4.78, 5) is 39.5. The van der Waals surface area contributed by atoms with Gasteiger partial charge in [0.15, 0.2) is 0 Å². The second-order valence-corrected chi connectivity index (χ2v) is 8.23. The summed E-state index contributed by atoms with van der Waals surface area (Å²) in [5.41, 5.74) is 0.539. The Bertz CT molecular complexity index is 1360. The first-order chi connectivity index (χ1) is 16.3. The standard InChI is InChI=1S/C23H21N7O4/c1-14(19-10-15-6-3-4-9-18(15)34-19)25-20(31)12-29-21(32)23(2,26-22(29)33)16-7-5-8-17(11-16)30-13-24-27-28-30/h3-11,13-14H,12H2,1-2H3,(H,25,31)(H,26,33)/t14-,23+/m0/s1. The molecule has 0 unspecified atom stereocenters. The number of amides is 4. The third-order valence-corrected chi connectivity index (χ3v) is 5.86. The zero-order valence-electron chi connectivity index (χ0n) is 18.4. The molecule has 1 fully saturated rings. The maximum absolute atomic E-state index is 13.2. The molecular weight excluding hydrogens is 438 g/mol. The fraction of sp³-hybridized carbons (Fsp3) is 0.217. The van der Waals surface area contributed by atoms with Crippen molar-refractivity contribution in [3.63, 3.8) is 0 Å². The highest BCUT2D eigenvalue weighted by atomic mass is 16.3. The summed E-state index contributed by atoms with van der Waals surface area (Å²) < 4.78 is 7.23. The maximum Gasteiger partial charge on any atom is 0.325 e. The van der Waals surface area contributed by atoms with Crippen molar-refractivity contribution in [1.82, 2.24) is 35.7 Å². The number of tetrazole rings is 1. The monoisotopic (exact) mass is 459 g/mol. The summed E-state index contributed by atoms with van der Waals surface area (Å²) in [6, 6.07) is 15.2. The lowest BCUT2D eigenvalue weighted by Crippen LogP contribution is -2.43. The summed E-state index contributed by atoms with van der Waals surface area (Å²) in [5.74, 6) is -0.433. The van der Waals surface area contributed by atoms with Crippen LogP contribution in [0.2, 0.25) is 0 Å². The summed E-state index contributed by atoms with van der Waals surface area (Å²) in [7, 11) is 0. The van der Waals surface area contributed by atoms with E-state index in [-0.39, 0.29) is 0 Å². The number of fused-ring (bicyclic) bond motifs is 1. The molecule has 0 spiro atoms. The van der Waals surface area contributed by atoms with E-state index in [1.165, 1.54) is 11.0 Å². The maximum atomic E-state index is 13.2. The van der Waals surface area contributed by atoms with Gasteiger partial charge in [0.05, 0.1) is 11.7 Å². The van der Waals surface area contributed by atoms with Crippen LogP contribution in [0.4, 0.5) is 4.79 Å². The number of aromatic nitrogens is 4. The number of hydrogen-bond acceptors (Lipinski definition) is 7. The van der Waals surface area contributed by atoms with Gasteiger partial charge in [0.25, 0.3) is 5.91 Å². The van der Waals surface area contributed by atoms with Crippen LogP contribution in [0.3, 0.4) is 0 Å². The van der Waals surface area contributed by atoms with Crippen LogP contribution in [0, 0.1) is 0 Å². The molecular formula is C23H21N7O4. The van der Waals surface area contributed by atoms with E-state index >= 15 is 0 Å². The summed E-state index contributed by atoms with van der Waals surface area (Å²) >= 11 is 0. The van der Waals surface area contributed by atoms with Crippen molar-refractivity contribution in [1.29, 1.82) is 0 Å². The van der Waals surface area contributed by atoms with Crippen LogP contribution < -0.4 is 10.6 Å². The van der Waals surface area contributed by atoms with Crippen LogP contribution in [-0.4, -0.2) is 49.5 Å². The van der Waals surface area contributed by atoms with E-state index in [2.05, 4.69) is 26.2 Å². The number of furan rings is 1. The van der Waals surface area contributed by atoms with Gasteiger partial charge in [-0.1, -0.05) is 30.3 Å². The molecule has 0 saturated carbocycles. The van der Waals surface area contributed by atoms with E-state index < -0.39 is 36.0 Å². The predicted molar refractivity (Wildman–Crippen MR) is 120 cm³/mol. The van der Waals surface area contributed by atoms with Crippen LogP contribution in [0.5, 0.6) is 0 Å². The Kier molecular flexibility index (Phi) is 5.08. The minimum absolute atomic E-state index is 0.419. The van der Waals surface area contributed by atoms with Gasteiger partial charge in [-0.3, -0.25) is 14.5 Å². The van der Waals surface area contributed by atoms with Crippen molar-refractivity contribution in [2.45, 2.75) is 25.4 Å². The number of carbonyl (C=O) groups excluding carboxylic acids is 3. The van der Waals surface area contributed by atoms with Crippen LogP contribution >= 0.6 is 0 Å². The second-order valence-electron chi connectivity index (χ2n) is 8.23. The molecule has 11 nitrogen and oxygen atoms in total. The number of nitrogens with zero attached hydrogens (tertiary/aromatic N) is 5. The number of rotatable bonds is 6. The number of carbonyl (C=O) groups is 3. The molecule has 5 rings (SSSR count). The number of imide groups is 1. The molecule has 1 saturated heterocycles. The van der Waals surface area contributed by atoms with Gasteiger partial charge in [-0.2, -0.15) is 0 Å². The van der Waals surface area contributed by atoms with E-state index in [0.29, 0.717) is 22.6 Å². The smallest absolute Gasteiger partial charge is 0.325 e. The Morgan fingerprint density at radius 3 is 2.76 bits per heavy atom. The number of hydrogen-bond donors (Lipinski definition) is 2. The van der Waals surface area contributed by atoms with Gasteiger partial charge in [0.1, 0.15) is 29.8 Å². The second kappa shape index (κ2) is 8.10. The van der Waals surface area contributed by atoms with Crippen molar-refractivity contribution < 1.29 is 18.8 Å².